The average Bonchev–Trinajstić information content (AvgIpc) is 2.24. The van der Waals surface area contributed by atoms with E-state index in [0.717, 1.165) is 25.7 Å². The molecule has 0 aromatic carbocycles. The fourth-order valence-electron chi connectivity index (χ4n) is 2.03. The molecule has 1 rings (SSSR count). The maximum absolute atomic E-state index is 11.5. The molecule has 0 heterocycles. The first-order chi connectivity index (χ1) is 7.53. The molecule has 0 radical (unpaired) electrons. The second-order valence-electron chi connectivity index (χ2n) is 4.45. The van der Waals surface area contributed by atoms with Crippen LogP contribution in [0, 0.1) is 5.92 Å². The summed E-state index contributed by atoms with van der Waals surface area (Å²) < 4.78 is 30.4. The second kappa shape index (κ2) is 6.54. The van der Waals surface area contributed by atoms with Gasteiger partial charge in [0, 0.05) is 19.7 Å². The van der Waals surface area contributed by atoms with Gasteiger partial charge < -0.3 is 10.5 Å². The molecule has 0 aliphatic heterocycles. The van der Waals surface area contributed by atoms with Gasteiger partial charge in [0.05, 0.1) is 12.4 Å². The maximum Gasteiger partial charge on any atom is 0.213 e. The van der Waals surface area contributed by atoms with E-state index in [0.29, 0.717) is 12.5 Å². The van der Waals surface area contributed by atoms with Crippen LogP contribution in [0.15, 0.2) is 0 Å². The fourth-order valence-corrected chi connectivity index (χ4v) is 3.05. The van der Waals surface area contributed by atoms with Crippen molar-refractivity contribution in [2.45, 2.75) is 31.7 Å². The minimum absolute atomic E-state index is 0.0300. The van der Waals surface area contributed by atoms with Crippen LogP contribution < -0.4 is 10.5 Å². The number of nitrogens with two attached hydrogens (primary N) is 1. The zero-order valence-corrected chi connectivity index (χ0v) is 10.6. The smallest absolute Gasteiger partial charge is 0.213 e. The first kappa shape index (κ1) is 13.9. The fraction of sp³-hybridized carbons (Fsp3) is 1.00. The Labute approximate surface area is 97.8 Å². The molecule has 0 saturated heterocycles. The van der Waals surface area contributed by atoms with Gasteiger partial charge >= 0.3 is 0 Å². The van der Waals surface area contributed by atoms with E-state index in [-0.39, 0.29) is 18.4 Å². The van der Waals surface area contributed by atoms with E-state index in [1.807, 2.05) is 0 Å². The molecule has 2 atom stereocenters. The van der Waals surface area contributed by atoms with Gasteiger partial charge in [0.25, 0.3) is 0 Å². The third kappa shape index (κ3) is 5.25. The van der Waals surface area contributed by atoms with E-state index < -0.39 is 10.0 Å². The van der Waals surface area contributed by atoms with Crippen LogP contribution >= 0.6 is 0 Å². The van der Waals surface area contributed by atoms with Crippen LogP contribution in [0.25, 0.3) is 0 Å². The Morgan fingerprint density at radius 2 is 2.19 bits per heavy atom. The highest BCUT2D eigenvalue weighted by atomic mass is 32.2. The van der Waals surface area contributed by atoms with Gasteiger partial charge in [0.1, 0.15) is 0 Å². The molecule has 0 spiro atoms. The van der Waals surface area contributed by atoms with Gasteiger partial charge in [-0.15, -0.1) is 0 Å². The monoisotopic (exact) mass is 250 g/mol. The first-order valence-corrected chi connectivity index (χ1v) is 7.40. The van der Waals surface area contributed by atoms with Crippen molar-refractivity contribution in [2.24, 2.45) is 11.7 Å². The van der Waals surface area contributed by atoms with Gasteiger partial charge in [0.2, 0.25) is 10.0 Å². The largest absolute Gasteiger partial charge is 0.384 e. The van der Waals surface area contributed by atoms with E-state index in [9.17, 15) is 8.42 Å². The van der Waals surface area contributed by atoms with Gasteiger partial charge in [0.15, 0.2) is 0 Å². The van der Waals surface area contributed by atoms with Crippen molar-refractivity contribution in [3.63, 3.8) is 0 Å². The summed E-state index contributed by atoms with van der Waals surface area (Å²) in [6, 6.07) is 0.238. The van der Waals surface area contributed by atoms with Gasteiger partial charge in [-0.05, 0) is 25.2 Å². The third-order valence-electron chi connectivity index (χ3n) is 2.97. The number of sulfonamides is 1. The highest BCUT2D eigenvalue weighted by Crippen LogP contribution is 2.22. The number of hydrogen-bond donors (Lipinski definition) is 2. The minimum atomic E-state index is -3.18. The highest BCUT2D eigenvalue weighted by Gasteiger charge is 2.20. The van der Waals surface area contributed by atoms with Gasteiger partial charge in [-0.1, -0.05) is 6.42 Å². The van der Waals surface area contributed by atoms with E-state index >= 15 is 0 Å². The van der Waals surface area contributed by atoms with Crippen molar-refractivity contribution in [3.8, 4) is 0 Å². The molecule has 1 aliphatic carbocycles. The summed E-state index contributed by atoms with van der Waals surface area (Å²) in [6.45, 7) is 0.749. The Kier molecular flexibility index (Phi) is 5.68. The minimum Gasteiger partial charge on any atom is -0.384 e. The Morgan fingerprint density at radius 1 is 1.44 bits per heavy atom. The second-order valence-corrected chi connectivity index (χ2v) is 6.38. The van der Waals surface area contributed by atoms with E-state index in [4.69, 9.17) is 10.5 Å². The van der Waals surface area contributed by atoms with Crippen LogP contribution in [0.5, 0.6) is 0 Å². The predicted octanol–water partition coefficient (Wildman–Crippen LogP) is 0.0697. The van der Waals surface area contributed by atoms with E-state index in [1.54, 1.807) is 0 Å². The number of ether oxygens (including phenoxy) is 1. The van der Waals surface area contributed by atoms with Crippen molar-refractivity contribution in [2.75, 3.05) is 26.0 Å². The molecular weight excluding hydrogens is 228 g/mol. The average molecular weight is 250 g/mol. The molecular formula is C10H22N2O3S. The zero-order valence-electron chi connectivity index (χ0n) is 9.81. The quantitative estimate of drug-likeness (QED) is 0.699. The summed E-state index contributed by atoms with van der Waals surface area (Å²) in [7, 11) is -1.68. The number of hydrogen-bond acceptors (Lipinski definition) is 4. The maximum atomic E-state index is 11.5. The van der Waals surface area contributed by atoms with Crippen LogP contribution in [0.1, 0.15) is 25.7 Å². The van der Waals surface area contributed by atoms with Gasteiger partial charge in [-0.2, -0.15) is 0 Å². The first-order valence-electron chi connectivity index (χ1n) is 5.75. The molecule has 1 fully saturated rings. The van der Waals surface area contributed by atoms with E-state index in [1.165, 1.54) is 7.11 Å². The standard InChI is InChI=1S/C10H22N2O3S/c1-15-5-6-16(13,14)12-8-9-3-2-4-10(11)7-9/h9-10,12H,2-8,11H2,1H3. The van der Waals surface area contributed by atoms with Crippen molar-refractivity contribution in [1.29, 1.82) is 0 Å². The van der Waals surface area contributed by atoms with Gasteiger partial charge in [-0.25, -0.2) is 13.1 Å². The van der Waals surface area contributed by atoms with E-state index in [2.05, 4.69) is 4.72 Å². The number of methoxy groups -OCH3 is 1. The summed E-state index contributed by atoms with van der Waals surface area (Å²) in [5.74, 6) is 0.420. The van der Waals surface area contributed by atoms with Crippen molar-refractivity contribution < 1.29 is 13.2 Å². The molecule has 1 aliphatic rings. The molecule has 0 amide bonds. The van der Waals surface area contributed by atoms with Crippen LogP contribution in [-0.4, -0.2) is 40.5 Å². The predicted molar refractivity (Wildman–Crippen MR) is 63.6 cm³/mol. The molecule has 0 bridgehead atoms. The Hall–Kier alpha value is -0.170. The van der Waals surface area contributed by atoms with Crippen molar-refractivity contribution in [1.82, 2.24) is 4.72 Å². The molecule has 16 heavy (non-hydrogen) atoms. The number of rotatable bonds is 6. The van der Waals surface area contributed by atoms with Crippen LogP contribution in [-0.2, 0) is 14.8 Å². The highest BCUT2D eigenvalue weighted by molar-refractivity contribution is 7.89. The van der Waals surface area contributed by atoms with Crippen LogP contribution in [0.2, 0.25) is 0 Å². The van der Waals surface area contributed by atoms with Crippen LogP contribution in [0.4, 0.5) is 0 Å². The topological polar surface area (TPSA) is 81.4 Å². The zero-order chi connectivity index (χ0) is 12.0. The molecule has 0 aromatic heterocycles. The molecule has 2 unspecified atom stereocenters. The molecule has 96 valence electrons. The lowest BCUT2D eigenvalue weighted by Crippen LogP contribution is -2.37. The van der Waals surface area contributed by atoms with Gasteiger partial charge in [-0.3, -0.25) is 0 Å². The lowest BCUT2D eigenvalue weighted by molar-refractivity contribution is 0.216. The summed E-state index contributed by atoms with van der Waals surface area (Å²) in [4.78, 5) is 0. The number of nitrogens with one attached hydrogen (secondary N) is 1. The SMILES string of the molecule is COCCS(=O)(=O)NCC1CCCC(N)C1. The lowest BCUT2D eigenvalue weighted by Gasteiger charge is -2.26. The van der Waals surface area contributed by atoms with Crippen LogP contribution in [0.3, 0.4) is 0 Å². The summed E-state index contributed by atoms with van der Waals surface area (Å²) in [5, 5.41) is 0. The molecule has 6 heteroatoms. The summed E-state index contributed by atoms with van der Waals surface area (Å²) in [6.07, 6.45) is 4.16. The Balaban J connectivity index is 2.27. The molecule has 3 N–H and O–H groups in total. The van der Waals surface area contributed by atoms with Crippen molar-refractivity contribution >= 4 is 10.0 Å². The summed E-state index contributed by atoms with van der Waals surface area (Å²) in [5.41, 5.74) is 5.85. The van der Waals surface area contributed by atoms with Crippen molar-refractivity contribution in [3.05, 3.63) is 0 Å². The third-order valence-corrected chi connectivity index (χ3v) is 4.28. The Bertz CT molecular complexity index is 292. The molecule has 1 saturated carbocycles. The normalized spacial score (nSPS) is 26.9. The molecule has 5 nitrogen and oxygen atoms in total. The lowest BCUT2D eigenvalue weighted by atomic mass is 9.86. The summed E-state index contributed by atoms with van der Waals surface area (Å²) >= 11 is 0. The molecule has 0 aromatic rings. The Morgan fingerprint density at radius 3 is 2.81 bits per heavy atom.